The van der Waals surface area contributed by atoms with E-state index < -0.39 is 0 Å². The van der Waals surface area contributed by atoms with Gasteiger partial charge in [0.1, 0.15) is 17.5 Å². The Bertz CT molecular complexity index is 3100. The Hall–Kier alpha value is -11.5. The standard InChI is InChI=1S/C12H18N14.C7H4N15.C7H9N13.CH7N5.2ClH/c1-6-16-11(24-19-6)18-12-25-21-9(22-26-12)3-8-17-10(23-20-8)15-5-7(13)4-14-2;8-13-5-10-2(15-19-5)1-3-16-21-7(22-17-3)12-4-11-6(14-9)20-18-4;8-4-10-2(13-16-4)1-3-14-19-7(20-15-3)12-6-11-5(9)17-18-6;2-1(5-3)6-4;;/h13-14H,3-5H2,1-2H3,(H2,15,17,20,23)(H2,16,18,19,24,25,26);8H,1H2,(H,10,15,19);1H2,(H3,8,10,13,16)(H4,9,11,12,17,18,19,20);3-4H2,(H3,2,5,6);2*1H/q;+1;;;;/p+1. The molecule has 0 unspecified atom stereocenters. The van der Waals surface area contributed by atoms with Crippen LogP contribution in [0.5, 0.6) is 0 Å². The summed E-state index contributed by atoms with van der Waals surface area (Å²) in [5.74, 6) is 14.5. The Morgan fingerprint density at radius 1 is 0.566 bits per heavy atom. The number of anilines is 9. The number of aromatic amines is 6. The van der Waals surface area contributed by atoms with Crippen LogP contribution in [0.4, 0.5) is 65.4 Å². The maximum Gasteiger partial charge on any atom is 0.585 e. The highest BCUT2D eigenvalue weighted by Crippen LogP contribution is 2.11. The molecule has 0 fully saturated rings. The molecule has 9 rings (SSSR count). The summed E-state index contributed by atoms with van der Waals surface area (Å²) in [6.07, 6.45) is 0.779. The number of rotatable bonds is 17. The van der Waals surface area contributed by atoms with Crippen molar-refractivity contribution < 1.29 is 35.3 Å². The molecule has 0 bridgehead atoms. The van der Waals surface area contributed by atoms with E-state index in [0.29, 0.717) is 66.4 Å². The lowest BCUT2D eigenvalue weighted by Crippen LogP contribution is -3.00. The fourth-order valence-electron chi connectivity index (χ4n) is 4.73. The number of hydrazine groups is 2. The molecule has 0 radical (unpaired) electrons. The summed E-state index contributed by atoms with van der Waals surface area (Å²) >= 11 is 0. The van der Waals surface area contributed by atoms with Crippen molar-refractivity contribution in [2.24, 2.45) is 17.4 Å². The normalized spacial score (nSPS) is 10.2. The van der Waals surface area contributed by atoms with Gasteiger partial charge in [-0.05, 0) is 33.9 Å². The number of nitrogen functional groups attached to an aromatic ring is 2. The molecule has 9 heterocycles. The molecule has 0 aliphatic carbocycles. The maximum atomic E-state index is 8.49. The number of hydrazone groups is 1. The number of diazo groups is 2. The number of aryl methyl sites for hydroxylation is 1. The van der Waals surface area contributed by atoms with Crippen LogP contribution in [0.3, 0.4) is 0 Å². The third kappa shape index (κ3) is 18.7. The number of nitrogens with one attached hydrogen (secondary N) is 13. The van der Waals surface area contributed by atoms with E-state index in [2.05, 4.69) is 199 Å². The zero-order chi connectivity index (χ0) is 52.7. The summed E-state index contributed by atoms with van der Waals surface area (Å²) < 4.78 is 0. The Labute approximate surface area is 432 Å². The van der Waals surface area contributed by atoms with E-state index >= 15 is 0 Å². The quantitative estimate of drug-likeness (QED) is 0.0132. The molecule has 25 N–H and O–H groups in total. The van der Waals surface area contributed by atoms with E-state index in [1.165, 1.54) is 0 Å². The van der Waals surface area contributed by atoms with E-state index in [0.717, 1.165) is 5.71 Å². The molecule has 0 saturated heterocycles. The number of nitrogens with zero attached hydrogens (tertiary/aromatic N) is 28. The number of aromatic nitrogens is 30. The first-order valence-electron chi connectivity index (χ1n) is 20.1. The predicted octanol–water partition coefficient (Wildman–Crippen LogP) is -15.5. The lowest BCUT2D eigenvalue weighted by atomic mass is 10.4. The molecule has 0 spiro atoms. The second-order valence-corrected chi connectivity index (χ2v) is 13.4. The predicted molar refractivity (Wildman–Crippen MR) is 243 cm³/mol. The Morgan fingerprint density at radius 3 is 1.50 bits per heavy atom. The maximum absolute atomic E-state index is 8.49. The van der Waals surface area contributed by atoms with Crippen LogP contribution < -0.4 is 96.2 Å². The van der Waals surface area contributed by atoms with E-state index in [1.54, 1.807) is 6.92 Å². The molecule has 9 aromatic heterocycles. The van der Waals surface area contributed by atoms with Crippen LogP contribution in [-0.4, -0.2) is 184 Å². The summed E-state index contributed by atoms with van der Waals surface area (Å²) in [7, 11) is 1.83. The number of halogens is 2. The molecule has 0 aromatic carbocycles. The summed E-state index contributed by atoms with van der Waals surface area (Å²) in [6, 6.07) is 0. The molecular formula is C27H41Cl2N47+2. The molecule has 9 aromatic rings. The van der Waals surface area contributed by atoms with Gasteiger partial charge in [0.05, 0.1) is 43.1 Å². The number of hydrogen-bond donors (Lipinski definition) is 19. The monoisotopic (exact) mass is 1090 g/mol. The van der Waals surface area contributed by atoms with E-state index in [9.17, 15) is 0 Å². The minimum Gasteiger partial charge on any atom is -1.00 e. The third-order valence-electron chi connectivity index (χ3n) is 7.76. The highest BCUT2D eigenvalue weighted by Gasteiger charge is 2.19. The Kier molecular flexibility index (Phi) is 21.8. The lowest BCUT2D eigenvalue weighted by molar-refractivity contribution is -0.472. The van der Waals surface area contributed by atoms with Crippen LogP contribution in [0.2, 0.25) is 0 Å². The summed E-state index contributed by atoms with van der Waals surface area (Å²) in [4.78, 5) is 29.3. The molecule has 0 aliphatic heterocycles. The Balaban J connectivity index is 0.000000232. The van der Waals surface area contributed by atoms with Crippen LogP contribution in [0.15, 0.2) is 0 Å². The van der Waals surface area contributed by atoms with Crippen LogP contribution in [-0.2, 0) is 19.3 Å². The van der Waals surface area contributed by atoms with Crippen LogP contribution in [0.25, 0.3) is 9.95 Å². The molecular weight excluding hydrogens is 1050 g/mol. The van der Waals surface area contributed by atoms with Crippen molar-refractivity contribution in [1.29, 1.82) is 10.8 Å². The minimum absolute atomic E-state index is 0. The van der Waals surface area contributed by atoms with Crippen LogP contribution in [0, 0.1) is 17.7 Å². The van der Waals surface area contributed by atoms with Gasteiger partial charge in [-0.25, -0.2) is 10.5 Å². The van der Waals surface area contributed by atoms with Gasteiger partial charge >= 0.3 is 23.8 Å². The zero-order valence-corrected chi connectivity index (χ0v) is 40.3. The van der Waals surface area contributed by atoms with Gasteiger partial charge in [0.15, 0.2) is 23.2 Å². The van der Waals surface area contributed by atoms with E-state index in [1.807, 2.05) is 7.05 Å². The molecule has 0 saturated carbocycles. The molecule has 76 heavy (non-hydrogen) atoms. The molecule has 396 valence electrons. The van der Waals surface area contributed by atoms with Crippen molar-refractivity contribution in [3.63, 3.8) is 0 Å². The SMILES string of the molecule is CNCC(=[NH2+])CNc1n[nH]c(Cc2nnc(Nc3n[nH]c(C)n3)nn2)n1.N#[N+]c1n[nH]c(Cc2nnc(Nc3nc([N+]#N)n[nH]3)nn2)n1.NNC(N)=[NH+]N.Nc1n[nH]c(Cc2nnc(Nc3n[nH]c(N)n3)nn2)n1.[Cl-].[Cl-]. The van der Waals surface area contributed by atoms with E-state index in [-0.39, 0.29) is 103 Å². The summed E-state index contributed by atoms with van der Waals surface area (Å²) in [5, 5.41) is 124. The summed E-state index contributed by atoms with van der Waals surface area (Å²) in [5.41, 5.74) is 18.5. The van der Waals surface area contributed by atoms with Gasteiger partial charge in [-0.3, -0.25) is 48.2 Å². The number of hydrogen-bond acceptors (Lipinski definition) is 35. The Morgan fingerprint density at radius 2 is 1.05 bits per heavy atom. The number of guanidine groups is 1. The smallest absolute Gasteiger partial charge is 0.585 e. The van der Waals surface area contributed by atoms with Crippen LogP contribution in [0.1, 0.15) is 40.8 Å². The first kappa shape index (κ1) is 57.1. The molecule has 0 atom stereocenters. The molecule has 47 nitrogen and oxygen atoms in total. The largest absolute Gasteiger partial charge is 1.00 e. The van der Waals surface area contributed by atoms with Gasteiger partial charge < -0.3 is 46.9 Å². The lowest BCUT2D eigenvalue weighted by Gasteiger charge is -1.99. The van der Waals surface area contributed by atoms with Gasteiger partial charge in [-0.1, -0.05) is 0 Å². The zero-order valence-electron chi connectivity index (χ0n) is 38.8. The molecule has 0 aliphatic rings. The van der Waals surface area contributed by atoms with Gasteiger partial charge in [0, 0.05) is 10.2 Å². The second kappa shape index (κ2) is 29.0. The van der Waals surface area contributed by atoms with Gasteiger partial charge in [-0.2, -0.15) is 41.1 Å². The van der Waals surface area contributed by atoms with Gasteiger partial charge in [0.25, 0.3) is 23.8 Å². The van der Waals surface area contributed by atoms with Crippen molar-refractivity contribution in [3.8, 4) is 0 Å². The van der Waals surface area contributed by atoms with Gasteiger partial charge in [-0.15, -0.1) is 81.6 Å². The highest BCUT2D eigenvalue weighted by atomic mass is 35.5. The average Bonchev–Trinajstić information content (AvgIpc) is 4.30. The molecule has 0 amide bonds. The number of H-pyrrole nitrogens is 6. The van der Waals surface area contributed by atoms with Crippen LogP contribution >= 0.6 is 0 Å². The van der Waals surface area contributed by atoms with Crippen molar-refractivity contribution in [3.05, 3.63) is 50.7 Å². The first-order valence-corrected chi connectivity index (χ1v) is 20.1. The highest BCUT2D eigenvalue weighted by molar-refractivity contribution is 5.84. The van der Waals surface area contributed by atoms with Gasteiger partial charge in [0.2, 0.25) is 29.6 Å². The number of nitrogens with two attached hydrogens (primary N) is 6. The van der Waals surface area contributed by atoms with Crippen molar-refractivity contribution in [1.82, 2.24) is 163 Å². The average molecular weight is 1090 g/mol. The topological polar surface area (TPSA) is 702 Å². The fraction of sp³-hybridized carbons (Fsp3) is 0.259. The van der Waals surface area contributed by atoms with Crippen molar-refractivity contribution in [2.45, 2.75) is 26.2 Å². The molecule has 49 heteroatoms. The van der Waals surface area contributed by atoms with Crippen molar-refractivity contribution in [2.75, 3.05) is 52.9 Å². The first-order chi connectivity index (χ1) is 35.9. The minimum atomic E-state index is -0.143. The summed E-state index contributed by atoms with van der Waals surface area (Å²) in [6.45, 7) is 2.87. The second-order valence-electron chi connectivity index (χ2n) is 13.4. The fourth-order valence-corrected chi connectivity index (χ4v) is 4.73. The van der Waals surface area contributed by atoms with E-state index in [4.69, 9.17) is 45.1 Å². The van der Waals surface area contributed by atoms with Crippen molar-refractivity contribution >= 4 is 77.1 Å². The third-order valence-corrected chi connectivity index (χ3v) is 7.76.